The van der Waals surface area contributed by atoms with Crippen LogP contribution in [0.25, 0.3) is 10.9 Å². The average Bonchev–Trinajstić information content (AvgIpc) is 3.10. The molecule has 0 aliphatic carbocycles. The number of hydrogen-bond acceptors (Lipinski definition) is 4. The topological polar surface area (TPSA) is 56.6 Å². The molecule has 3 aromatic rings. The number of carbonyl (C=O) groups is 1. The van der Waals surface area contributed by atoms with Crippen molar-refractivity contribution in [1.82, 2.24) is 14.7 Å². The minimum absolute atomic E-state index is 0.0375. The molecule has 1 aromatic heterocycles. The molecule has 0 aliphatic rings. The van der Waals surface area contributed by atoms with E-state index in [2.05, 4.69) is 5.10 Å². The van der Waals surface area contributed by atoms with Gasteiger partial charge in [-0.15, -0.1) is 0 Å². The Hall–Kier alpha value is -2.73. The number of hydrogen-bond donors (Lipinski definition) is 0. The van der Waals surface area contributed by atoms with Gasteiger partial charge >= 0.3 is 0 Å². The smallest absolute Gasteiger partial charge is 0.224 e. The van der Waals surface area contributed by atoms with Gasteiger partial charge in [0.2, 0.25) is 5.91 Å². The van der Waals surface area contributed by atoms with Crippen molar-refractivity contribution in [2.75, 3.05) is 21.3 Å². The molecule has 0 fully saturated rings. The van der Waals surface area contributed by atoms with Gasteiger partial charge in [0.1, 0.15) is 0 Å². The van der Waals surface area contributed by atoms with Crippen molar-refractivity contribution >= 4 is 28.4 Å². The molecule has 6 nitrogen and oxygen atoms in total. The van der Waals surface area contributed by atoms with E-state index in [1.807, 2.05) is 41.1 Å². The molecule has 1 heterocycles. The Balaban J connectivity index is 1.63. The number of amides is 1. The SMILES string of the molecule is COc1ccc(CN(C)C(=O)CCn2ncc3c(Cl)cccc32)cc1OC. The van der Waals surface area contributed by atoms with Crippen molar-refractivity contribution in [2.24, 2.45) is 0 Å². The van der Waals surface area contributed by atoms with Gasteiger partial charge in [0.15, 0.2) is 11.5 Å². The number of carbonyl (C=O) groups excluding carboxylic acids is 1. The summed E-state index contributed by atoms with van der Waals surface area (Å²) in [5.41, 5.74) is 1.90. The van der Waals surface area contributed by atoms with Crippen molar-refractivity contribution in [3.63, 3.8) is 0 Å². The van der Waals surface area contributed by atoms with Crippen molar-refractivity contribution in [1.29, 1.82) is 0 Å². The van der Waals surface area contributed by atoms with Gasteiger partial charge in [-0.25, -0.2) is 0 Å². The van der Waals surface area contributed by atoms with Gasteiger partial charge in [0.25, 0.3) is 0 Å². The minimum atomic E-state index is 0.0375. The first-order valence-electron chi connectivity index (χ1n) is 8.58. The summed E-state index contributed by atoms with van der Waals surface area (Å²) in [6.45, 7) is 0.990. The van der Waals surface area contributed by atoms with Crippen LogP contribution < -0.4 is 9.47 Å². The summed E-state index contributed by atoms with van der Waals surface area (Å²) < 4.78 is 12.4. The van der Waals surface area contributed by atoms with Crippen molar-refractivity contribution in [2.45, 2.75) is 19.5 Å². The fourth-order valence-electron chi connectivity index (χ4n) is 2.98. The highest BCUT2D eigenvalue weighted by atomic mass is 35.5. The second-order valence-electron chi connectivity index (χ2n) is 6.23. The third kappa shape index (κ3) is 4.17. The molecule has 0 N–H and O–H groups in total. The largest absolute Gasteiger partial charge is 0.493 e. The molecule has 3 rings (SSSR count). The van der Waals surface area contributed by atoms with Crippen LogP contribution in [0.4, 0.5) is 0 Å². The van der Waals surface area contributed by atoms with E-state index in [0.29, 0.717) is 36.0 Å². The van der Waals surface area contributed by atoms with E-state index in [9.17, 15) is 4.79 Å². The van der Waals surface area contributed by atoms with Crippen molar-refractivity contribution in [3.8, 4) is 11.5 Å². The standard InChI is InChI=1S/C20H22ClN3O3/c1-23(13-14-7-8-18(26-2)19(11-14)27-3)20(25)9-10-24-17-6-4-5-16(21)15(17)12-22-24/h4-8,11-12H,9-10,13H2,1-3H3. The fourth-order valence-corrected chi connectivity index (χ4v) is 3.20. The molecule has 1 amide bonds. The highest BCUT2D eigenvalue weighted by Crippen LogP contribution is 2.28. The average molecular weight is 388 g/mol. The molecule has 0 radical (unpaired) electrons. The molecule has 0 atom stereocenters. The molecule has 0 spiro atoms. The second kappa shape index (κ2) is 8.31. The van der Waals surface area contributed by atoms with Gasteiger partial charge < -0.3 is 14.4 Å². The number of ether oxygens (including phenoxy) is 2. The monoisotopic (exact) mass is 387 g/mol. The number of methoxy groups -OCH3 is 2. The molecule has 2 aromatic carbocycles. The van der Waals surface area contributed by atoms with Gasteiger partial charge in [0.05, 0.1) is 37.5 Å². The maximum Gasteiger partial charge on any atom is 0.224 e. The summed E-state index contributed by atoms with van der Waals surface area (Å²) in [7, 11) is 4.98. The lowest BCUT2D eigenvalue weighted by Crippen LogP contribution is -2.27. The number of benzene rings is 2. The third-order valence-corrected chi connectivity index (χ3v) is 4.79. The maximum absolute atomic E-state index is 12.5. The van der Waals surface area contributed by atoms with Gasteiger partial charge in [-0.2, -0.15) is 5.10 Å². The lowest BCUT2D eigenvalue weighted by Gasteiger charge is -2.18. The van der Waals surface area contributed by atoms with E-state index < -0.39 is 0 Å². The van der Waals surface area contributed by atoms with Crippen LogP contribution in [0.2, 0.25) is 5.02 Å². The van der Waals surface area contributed by atoms with Gasteiger partial charge in [-0.1, -0.05) is 23.7 Å². The highest BCUT2D eigenvalue weighted by molar-refractivity contribution is 6.35. The number of aryl methyl sites for hydroxylation is 1. The van der Waals surface area contributed by atoms with E-state index in [1.54, 1.807) is 32.4 Å². The minimum Gasteiger partial charge on any atom is -0.493 e. The predicted octanol–water partition coefficient (Wildman–Crippen LogP) is 3.76. The highest BCUT2D eigenvalue weighted by Gasteiger charge is 2.13. The van der Waals surface area contributed by atoms with E-state index in [4.69, 9.17) is 21.1 Å². The summed E-state index contributed by atoms with van der Waals surface area (Å²) in [6.07, 6.45) is 2.09. The zero-order chi connectivity index (χ0) is 19.4. The van der Waals surface area contributed by atoms with Crippen LogP contribution in [0.3, 0.4) is 0 Å². The van der Waals surface area contributed by atoms with Crippen LogP contribution in [-0.2, 0) is 17.9 Å². The zero-order valence-electron chi connectivity index (χ0n) is 15.6. The lowest BCUT2D eigenvalue weighted by atomic mass is 10.2. The zero-order valence-corrected chi connectivity index (χ0v) is 16.4. The Morgan fingerprint density at radius 2 is 1.96 bits per heavy atom. The van der Waals surface area contributed by atoms with Gasteiger partial charge in [-0.05, 0) is 29.8 Å². The van der Waals surface area contributed by atoms with Crippen molar-refractivity contribution in [3.05, 3.63) is 53.2 Å². The Bertz CT molecular complexity index is 955. The van der Waals surface area contributed by atoms with Gasteiger partial charge in [0, 0.05) is 25.4 Å². The Morgan fingerprint density at radius 1 is 1.19 bits per heavy atom. The summed E-state index contributed by atoms with van der Waals surface area (Å²) >= 11 is 6.17. The van der Waals surface area contributed by atoms with E-state index in [1.165, 1.54) is 0 Å². The molecule has 142 valence electrons. The van der Waals surface area contributed by atoms with Crippen LogP contribution in [0, 0.1) is 0 Å². The second-order valence-corrected chi connectivity index (χ2v) is 6.64. The Labute approximate surface area is 163 Å². The van der Waals surface area contributed by atoms with E-state index >= 15 is 0 Å². The van der Waals surface area contributed by atoms with Gasteiger partial charge in [-0.3, -0.25) is 9.48 Å². The number of halogens is 1. The van der Waals surface area contributed by atoms with Crippen LogP contribution in [0.15, 0.2) is 42.6 Å². The molecule has 0 saturated heterocycles. The normalized spacial score (nSPS) is 10.8. The fraction of sp³-hybridized carbons (Fsp3) is 0.300. The van der Waals surface area contributed by atoms with Crippen LogP contribution in [-0.4, -0.2) is 41.9 Å². The molecule has 27 heavy (non-hydrogen) atoms. The lowest BCUT2D eigenvalue weighted by molar-refractivity contribution is -0.130. The number of rotatable bonds is 7. The first-order valence-corrected chi connectivity index (χ1v) is 8.96. The van der Waals surface area contributed by atoms with E-state index in [-0.39, 0.29) is 5.91 Å². The number of nitrogens with zero attached hydrogens (tertiary/aromatic N) is 3. The molecule has 0 unspecified atom stereocenters. The Morgan fingerprint density at radius 3 is 2.70 bits per heavy atom. The Kier molecular flexibility index (Phi) is 5.86. The first-order chi connectivity index (χ1) is 13.0. The molecular formula is C20H22ClN3O3. The molecular weight excluding hydrogens is 366 g/mol. The maximum atomic E-state index is 12.5. The summed E-state index contributed by atoms with van der Waals surface area (Å²) in [5.74, 6) is 1.35. The van der Waals surface area contributed by atoms with E-state index in [0.717, 1.165) is 16.5 Å². The predicted molar refractivity (Wildman–Crippen MR) is 105 cm³/mol. The third-order valence-electron chi connectivity index (χ3n) is 4.47. The molecule has 0 bridgehead atoms. The first kappa shape index (κ1) is 19.0. The summed E-state index contributed by atoms with van der Waals surface area (Å²) in [6, 6.07) is 11.3. The molecule has 7 heteroatoms. The van der Waals surface area contributed by atoms with Crippen LogP contribution in [0.1, 0.15) is 12.0 Å². The van der Waals surface area contributed by atoms with Crippen molar-refractivity contribution < 1.29 is 14.3 Å². The molecule has 0 aliphatic heterocycles. The quantitative estimate of drug-likeness (QED) is 0.619. The summed E-state index contributed by atoms with van der Waals surface area (Å²) in [4.78, 5) is 14.2. The summed E-state index contributed by atoms with van der Waals surface area (Å²) in [5, 5.41) is 5.90. The molecule has 0 saturated carbocycles. The van der Waals surface area contributed by atoms with Crippen LogP contribution >= 0.6 is 11.6 Å². The van der Waals surface area contributed by atoms with Crippen LogP contribution in [0.5, 0.6) is 11.5 Å². The number of aromatic nitrogens is 2. The number of fused-ring (bicyclic) bond motifs is 1.